The number of amides is 2. The van der Waals surface area contributed by atoms with Crippen molar-refractivity contribution in [3.05, 3.63) is 46.3 Å². The molecular formula is C27H37N5O10. The van der Waals surface area contributed by atoms with Gasteiger partial charge >= 0.3 is 11.9 Å². The van der Waals surface area contributed by atoms with Crippen LogP contribution in [0.1, 0.15) is 44.6 Å². The number of carbonyl (C=O) groups is 6. The number of nitrogens with one attached hydrogen (secondary N) is 2. The first-order valence-electron chi connectivity index (χ1n) is 13.3. The maximum absolute atomic E-state index is 13.3. The average Bonchev–Trinajstić information content (AvgIpc) is 2.92. The van der Waals surface area contributed by atoms with Crippen LogP contribution < -0.4 is 10.6 Å². The first kappa shape index (κ1) is 35.7. The molecule has 15 nitrogen and oxygen atoms in total. The van der Waals surface area contributed by atoms with Crippen molar-refractivity contribution >= 4 is 35.3 Å². The van der Waals surface area contributed by atoms with Crippen LogP contribution in [0.3, 0.4) is 0 Å². The average molecular weight is 592 g/mol. The minimum absolute atomic E-state index is 0.0467. The van der Waals surface area contributed by atoms with Crippen LogP contribution in [0.4, 0.5) is 0 Å². The summed E-state index contributed by atoms with van der Waals surface area (Å²) < 4.78 is 10.6. The lowest BCUT2D eigenvalue weighted by atomic mass is 9.90. The van der Waals surface area contributed by atoms with Crippen molar-refractivity contribution in [3.63, 3.8) is 0 Å². The van der Waals surface area contributed by atoms with E-state index in [1.165, 1.54) is 0 Å². The van der Waals surface area contributed by atoms with Crippen molar-refractivity contribution < 1.29 is 48.5 Å². The van der Waals surface area contributed by atoms with E-state index >= 15 is 0 Å². The van der Waals surface area contributed by atoms with Crippen LogP contribution in [-0.4, -0.2) is 90.6 Å². The normalized spacial score (nSPS) is 12.7. The van der Waals surface area contributed by atoms with Crippen LogP contribution in [0.5, 0.6) is 0 Å². The van der Waals surface area contributed by atoms with Gasteiger partial charge < -0.3 is 30.3 Å². The van der Waals surface area contributed by atoms with E-state index in [0.717, 1.165) is 6.92 Å². The van der Waals surface area contributed by atoms with Gasteiger partial charge in [-0.15, -0.1) is 0 Å². The van der Waals surface area contributed by atoms with Crippen LogP contribution in [0.15, 0.2) is 35.4 Å². The second-order valence-corrected chi connectivity index (χ2v) is 9.32. The minimum Gasteiger partial charge on any atom is -0.481 e. The maximum Gasteiger partial charge on any atom is 0.305 e. The third kappa shape index (κ3) is 16.1. The summed E-state index contributed by atoms with van der Waals surface area (Å²) >= 11 is 0. The SMILES string of the molecule is CC(=O)N[C@@H](CC(=O)O)C(=O)C[C@@H](Cc1ccccc1)C(=O)N[C@@H](CC(=O)O)C(=O)CCCOCCOCCN=[N+]=[N-]. The fourth-order valence-corrected chi connectivity index (χ4v) is 3.91. The highest BCUT2D eigenvalue weighted by Gasteiger charge is 2.31. The van der Waals surface area contributed by atoms with Gasteiger partial charge in [-0.1, -0.05) is 35.4 Å². The number of aliphatic carboxylic acids is 2. The van der Waals surface area contributed by atoms with E-state index in [-0.39, 0.29) is 52.2 Å². The van der Waals surface area contributed by atoms with Crippen molar-refractivity contribution in [3.8, 4) is 0 Å². The van der Waals surface area contributed by atoms with E-state index in [0.29, 0.717) is 5.56 Å². The Morgan fingerprint density at radius 1 is 0.857 bits per heavy atom. The van der Waals surface area contributed by atoms with Crippen LogP contribution in [0.25, 0.3) is 10.4 Å². The van der Waals surface area contributed by atoms with E-state index in [4.69, 9.17) is 20.1 Å². The van der Waals surface area contributed by atoms with Gasteiger partial charge in [0.15, 0.2) is 11.6 Å². The molecule has 0 unspecified atom stereocenters. The molecule has 15 heteroatoms. The number of Topliss-reactive ketones (excluding diaryl/α,β-unsaturated/α-hetero) is 2. The predicted octanol–water partition coefficient (Wildman–Crippen LogP) is 1.44. The van der Waals surface area contributed by atoms with Gasteiger partial charge in [0.2, 0.25) is 11.8 Å². The molecule has 0 aliphatic rings. The second-order valence-electron chi connectivity index (χ2n) is 9.32. The predicted molar refractivity (Wildman–Crippen MR) is 147 cm³/mol. The molecule has 1 rings (SSSR count). The Labute approximate surface area is 242 Å². The molecule has 0 heterocycles. The molecular weight excluding hydrogens is 554 g/mol. The number of nitrogens with zero attached hydrogens (tertiary/aromatic N) is 3. The third-order valence-electron chi connectivity index (χ3n) is 5.85. The number of hydrogen-bond acceptors (Lipinski definition) is 9. The van der Waals surface area contributed by atoms with Gasteiger partial charge in [-0.2, -0.15) is 0 Å². The molecule has 0 aromatic heterocycles. The Bertz CT molecular complexity index is 1090. The first-order valence-corrected chi connectivity index (χ1v) is 13.3. The highest BCUT2D eigenvalue weighted by Crippen LogP contribution is 2.17. The molecule has 0 saturated carbocycles. The summed E-state index contributed by atoms with van der Waals surface area (Å²) in [7, 11) is 0. The summed E-state index contributed by atoms with van der Waals surface area (Å²) in [5.74, 6) is -6.30. The summed E-state index contributed by atoms with van der Waals surface area (Å²) in [5.41, 5.74) is 8.87. The van der Waals surface area contributed by atoms with Crippen LogP contribution >= 0.6 is 0 Å². The van der Waals surface area contributed by atoms with E-state index < -0.39 is 72.6 Å². The zero-order valence-corrected chi connectivity index (χ0v) is 23.4. The van der Waals surface area contributed by atoms with Gasteiger partial charge in [-0.3, -0.25) is 28.8 Å². The Morgan fingerprint density at radius 3 is 2.02 bits per heavy atom. The van der Waals surface area contributed by atoms with Crippen LogP contribution in [0, 0.1) is 5.92 Å². The molecule has 42 heavy (non-hydrogen) atoms. The number of benzene rings is 1. The largest absolute Gasteiger partial charge is 0.481 e. The lowest BCUT2D eigenvalue weighted by Crippen LogP contribution is -2.47. The number of azide groups is 1. The van der Waals surface area contributed by atoms with Crippen LogP contribution in [0.2, 0.25) is 0 Å². The first-order chi connectivity index (χ1) is 20.0. The number of carboxylic acid groups (broad SMARTS) is 2. The van der Waals surface area contributed by atoms with Crippen molar-refractivity contribution in [1.82, 2.24) is 10.6 Å². The van der Waals surface area contributed by atoms with Gasteiger partial charge in [0.05, 0.1) is 44.7 Å². The van der Waals surface area contributed by atoms with E-state index in [1.807, 2.05) is 0 Å². The summed E-state index contributed by atoms with van der Waals surface area (Å²) in [6.45, 7) is 2.23. The third-order valence-corrected chi connectivity index (χ3v) is 5.85. The maximum atomic E-state index is 13.3. The van der Waals surface area contributed by atoms with Crippen molar-refractivity contribution in [2.24, 2.45) is 11.0 Å². The number of hydrogen-bond donors (Lipinski definition) is 4. The molecule has 2 amide bonds. The number of ether oxygens (including phenoxy) is 2. The molecule has 1 aromatic rings. The van der Waals surface area contributed by atoms with Gasteiger partial charge in [-0.05, 0) is 23.9 Å². The Kier molecular flexibility index (Phi) is 17.5. The Balaban J connectivity index is 2.86. The van der Waals surface area contributed by atoms with Gasteiger partial charge in [0, 0.05) is 43.7 Å². The summed E-state index contributed by atoms with van der Waals surface area (Å²) in [6, 6.07) is 5.93. The molecule has 0 spiro atoms. The second kappa shape index (κ2) is 20.5. The number of rotatable bonds is 23. The van der Waals surface area contributed by atoms with E-state index in [9.17, 15) is 33.9 Å². The van der Waals surface area contributed by atoms with Crippen molar-refractivity contribution in [2.75, 3.05) is 33.0 Å². The molecule has 0 aliphatic heterocycles. The summed E-state index contributed by atoms with van der Waals surface area (Å²) in [6.07, 6.45) is -1.59. The quantitative estimate of drug-likeness (QED) is 0.0618. The highest BCUT2D eigenvalue weighted by atomic mass is 16.5. The number of ketones is 2. The van der Waals surface area contributed by atoms with Crippen molar-refractivity contribution in [2.45, 2.75) is 57.5 Å². The molecule has 3 atom stereocenters. The van der Waals surface area contributed by atoms with Crippen LogP contribution in [-0.2, 0) is 44.7 Å². The zero-order valence-electron chi connectivity index (χ0n) is 23.4. The summed E-state index contributed by atoms with van der Waals surface area (Å²) in [5, 5.41) is 26.6. The standard InChI is InChI=1S/C27H37N5O10/c1-18(33)30-22(17-26(38)39)24(35)15-20(14-19-6-3-2-4-7-19)27(40)31-21(16-25(36)37)23(34)8-5-10-41-12-13-42-11-9-29-32-28/h2-4,6-7,20-22H,5,8-17H2,1H3,(H,30,33)(H,31,40)(H,36,37)(H,38,39)/t20-,21+,22+/m1/s1. The number of carboxylic acids is 2. The number of carbonyl (C=O) groups excluding carboxylic acids is 4. The molecule has 230 valence electrons. The van der Waals surface area contributed by atoms with E-state index in [1.54, 1.807) is 30.3 Å². The minimum atomic E-state index is -1.36. The Hall–Kier alpha value is -4.33. The smallest absolute Gasteiger partial charge is 0.305 e. The molecule has 0 radical (unpaired) electrons. The Morgan fingerprint density at radius 2 is 1.45 bits per heavy atom. The molecule has 0 bridgehead atoms. The highest BCUT2D eigenvalue weighted by molar-refractivity contribution is 5.96. The summed E-state index contributed by atoms with van der Waals surface area (Å²) in [4.78, 5) is 75.9. The molecule has 4 N–H and O–H groups in total. The zero-order chi connectivity index (χ0) is 31.3. The van der Waals surface area contributed by atoms with E-state index in [2.05, 4.69) is 20.7 Å². The van der Waals surface area contributed by atoms with Gasteiger partial charge in [0.1, 0.15) is 0 Å². The molecule has 0 fully saturated rings. The van der Waals surface area contributed by atoms with Gasteiger partial charge in [0.25, 0.3) is 0 Å². The van der Waals surface area contributed by atoms with Gasteiger partial charge in [-0.25, -0.2) is 0 Å². The lowest BCUT2D eigenvalue weighted by Gasteiger charge is -2.23. The molecule has 0 saturated heterocycles. The lowest BCUT2D eigenvalue weighted by molar-refractivity contribution is -0.141. The molecule has 1 aromatic carbocycles. The fraction of sp³-hybridized carbons (Fsp3) is 0.556. The topological polar surface area (TPSA) is 234 Å². The fourth-order valence-electron chi connectivity index (χ4n) is 3.91. The molecule has 0 aliphatic carbocycles. The van der Waals surface area contributed by atoms with Crippen molar-refractivity contribution in [1.29, 1.82) is 0 Å². The monoisotopic (exact) mass is 591 g/mol.